The van der Waals surface area contributed by atoms with Gasteiger partial charge in [0.15, 0.2) is 0 Å². The summed E-state index contributed by atoms with van der Waals surface area (Å²) < 4.78 is 3.95. The minimum atomic E-state index is 0.606. The SMILES string of the molecule is CCn1cc(CNc2cn(CC(C)C)nc2C)cn1. The molecular weight excluding hydrogens is 238 g/mol. The topological polar surface area (TPSA) is 47.7 Å². The van der Waals surface area contributed by atoms with Gasteiger partial charge in [0.1, 0.15) is 0 Å². The number of nitrogens with one attached hydrogen (secondary N) is 1. The highest BCUT2D eigenvalue weighted by molar-refractivity contribution is 5.45. The van der Waals surface area contributed by atoms with Gasteiger partial charge in [0.25, 0.3) is 0 Å². The number of anilines is 1. The third kappa shape index (κ3) is 3.59. The Balaban J connectivity index is 1.97. The van der Waals surface area contributed by atoms with Crippen molar-refractivity contribution >= 4 is 5.69 Å². The zero-order valence-electron chi connectivity index (χ0n) is 12.2. The van der Waals surface area contributed by atoms with Crippen LogP contribution in [0.4, 0.5) is 5.69 Å². The average molecular weight is 261 g/mol. The Labute approximate surface area is 114 Å². The van der Waals surface area contributed by atoms with Crippen LogP contribution >= 0.6 is 0 Å². The first-order chi connectivity index (χ1) is 9.08. The van der Waals surface area contributed by atoms with Crippen LogP contribution in [0.25, 0.3) is 0 Å². The summed E-state index contributed by atoms with van der Waals surface area (Å²) in [6.07, 6.45) is 6.06. The maximum absolute atomic E-state index is 4.52. The molecule has 0 saturated carbocycles. The summed E-state index contributed by atoms with van der Waals surface area (Å²) in [5.74, 6) is 0.606. The van der Waals surface area contributed by atoms with E-state index >= 15 is 0 Å². The van der Waals surface area contributed by atoms with Crippen LogP contribution in [0, 0.1) is 12.8 Å². The lowest BCUT2D eigenvalue weighted by molar-refractivity contribution is 0.481. The molecule has 0 unspecified atom stereocenters. The van der Waals surface area contributed by atoms with E-state index in [1.165, 1.54) is 5.56 Å². The molecule has 0 bridgehead atoms. The van der Waals surface area contributed by atoms with Crippen LogP contribution in [-0.4, -0.2) is 19.6 Å². The smallest absolute Gasteiger partial charge is 0.0825 e. The first-order valence-corrected chi connectivity index (χ1v) is 6.87. The van der Waals surface area contributed by atoms with Crippen molar-refractivity contribution in [2.75, 3.05) is 5.32 Å². The molecule has 2 aromatic heterocycles. The molecular formula is C14H23N5. The van der Waals surface area contributed by atoms with Crippen LogP contribution in [-0.2, 0) is 19.6 Å². The van der Waals surface area contributed by atoms with E-state index in [1.54, 1.807) is 0 Å². The molecule has 5 heteroatoms. The highest BCUT2D eigenvalue weighted by Gasteiger charge is 2.06. The van der Waals surface area contributed by atoms with E-state index in [0.717, 1.165) is 31.0 Å². The van der Waals surface area contributed by atoms with Crippen molar-refractivity contribution in [3.05, 3.63) is 29.8 Å². The van der Waals surface area contributed by atoms with Crippen LogP contribution in [0.2, 0.25) is 0 Å². The largest absolute Gasteiger partial charge is 0.378 e. The zero-order chi connectivity index (χ0) is 13.8. The molecule has 2 aromatic rings. The Morgan fingerprint density at radius 2 is 2.05 bits per heavy atom. The molecule has 0 aliphatic rings. The van der Waals surface area contributed by atoms with E-state index < -0.39 is 0 Å². The summed E-state index contributed by atoms with van der Waals surface area (Å²) in [6.45, 7) is 11.2. The van der Waals surface area contributed by atoms with E-state index in [9.17, 15) is 0 Å². The standard InChI is InChI=1S/C14H23N5/c1-5-18-9-13(7-16-18)6-15-14-10-19(8-11(2)3)17-12(14)4/h7,9-11,15H,5-6,8H2,1-4H3. The third-order valence-corrected chi connectivity index (χ3v) is 2.99. The second-order valence-corrected chi connectivity index (χ2v) is 5.30. The van der Waals surface area contributed by atoms with Crippen LogP contribution < -0.4 is 5.32 Å². The van der Waals surface area contributed by atoms with Gasteiger partial charge in [-0.1, -0.05) is 13.8 Å². The molecule has 0 spiro atoms. The van der Waals surface area contributed by atoms with Crippen LogP contribution in [0.1, 0.15) is 32.0 Å². The van der Waals surface area contributed by atoms with Gasteiger partial charge in [-0.3, -0.25) is 9.36 Å². The first kappa shape index (κ1) is 13.6. The fraction of sp³-hybridized carbons (Fsp3) is 0.571. The van der Waals surface area contributed by atoms with Crippen LogP contribution in [0.5, 0.6) is 0 Å². The van der Waals surface area contributed by atoms with Crippen molar-refractivity contribution < 1.29 is 0 Å². The third-order valence-electron chi connectivity index (χ3n) is 2.99. The van der Waals surface area contributed by atoms with Gasteiger partial charge in [-0.15, -0.1) is 0 Å². The van der Waals surface area contributed by atoms with Crippen molar-refractivity contribution in [2.45, 2.75) is 47.3 Å². The first-order valence-electron chi connectivity index (χ1n) is 6.87. The van der Waals surface area contributed by atoms with Gasteiger partial charge in [0.05, 0.1) is 17.6 Å². The van der Waals surface area contributed by atoms with Crippen molar-refractivity contribution in [2.24, 2.45) is 5.92 Å². The molecule has 19 heavy (non-hydrogen) atoms. The number of nitrogens with zero attached hydrogens (tertiary/aromatic N) is 4. The average Bonchev–Trinajstić information content (AvgIpc) is 2.93. The Hall–Kier alpha value is -1.78. The van der Waals surface area contributed by atoms with E-state index in [4.69, 9.17) is 0 Å². The Morgan fingerprint density at radius 3 is 2.68 bits per heavy atom. The summed E-state index contributed by atoms with van der Waals surface area (Å²) in [5.41, 5.74) is 3.34. The Bertz CT molecular complexity index is 524. The molecule has 0 atom stereocenters. The lowest BCUT2D eigenvalue weighted by Crippen LogP contribution is -2.04. The van der Waals surface area contributed by atoms with E-state index in [0.29, 0.717) is 5.92 Å². The molecule has 1 N–H and O–H groups in total. The molecule has 0 amide bonds. The molecule has 0 aliphatic carbocycles. The van der Waals surface area contributed by atoms with Gasteiger partial charge in [-0.25, -0.2) is 0 Å². The van der Waals surface area contributed by atoms with Gasteiger partial charge < -0.3 is 5.32 Å². The molecule has 104 valence electrons. The summed E-state index contributed by atoms with van der Waals surface area (Å²) in [5, 5.41) is 12.2. The van der Waals surface area contributed by atoms with E-state index in [-0.39, 0.29) is 0 Å². The summed E-state index contributed by atoms with van der Waals surface area (Å²) in [7, 11) is 0. The van der Waals surface area contributed by atoms with Crippen LogP contribution in [0.15, 0.2) is 18.6 Å². The van der Waals surface area contributed by atoms with E-state index in [1.807, 2.05) is 22.5 Å². The lowest BCUT2D eigenvalue weighted by atomic mass is 10.2. The zero-order valence-corrected chi connectivity index (χ0v) is 12.2. The quantitative estimate of drug-likeness (QED) is 0.869. The molecule has 0 fully saturated rings. The number of aryl methyl sites for hydroxylation is 2. The minimum absolute atomic E-state index is 0.606. The Morgan fingerprint density at radius 1 is 1.26 bits per heavy atom. The Kier molecular flexibility index (Phi) is 4.24. The number of hydrogen-bond acceptors (Lipinski definition) is 3. The maximum Gasteiger partial charge on any atom is 0.0825 e. The molecule has 0 aliphatic heterocycles. The highest BCUT2D eigenvalue weighted by atomic mass is 15.3. The molecule has 0 aromatic carbocycles. The van der Waals surface area contributed by atoms with Crippen molar-refractivity contribution in [3.63, 3.8) is 0 Å². The number of hydrogen-bond donors (Lipinski definition) is 1. The van der Waals surface area contributed by atoms with Crippen LogP contribution in [0.3, 0.4) is 0 Å². The lowest BCUT2D eigenvalue weighted by Gasteiger charge is -2.04. The van der Waals surface area contributed by atoms with E-state index in [2.05, 4.69) is 48.7 Å². The normalized spacial score (nSPS) is 11.2. The highest BCUT2D eigenvalue weighted by Crippen LogP contribution is 2.14. The van der Waals surface area contributed by atoms with Crippen molar-refractivity contribution in [1.29, 1.82) is 0 Å². The summed E-state index contributed by atoms with van der Waals surface area (Å²) in [6, 6.07) is 0. The number of rotatable bonds is 6. The molecule has 0 saturated heterocycles. The second-order valence-electron chi connectivity index (χ2n) is 5.30. The van der Waals surface area contributed by atoms with Gasteiger partial charge in [-0.2, -0.15) is 10.2 Å². The van der Waals surface area contributed by atoms with Crippen molar-refractivity contribution in [3.8, 4) is 0 Å². The van der Waals surface area contributed by atoms with Gasteiger partial charge in [-0.05, 0) is 19.8 Å². The molecule has 2 heterocycles. The predicted molar refractivity (Wildman–Crippen MR) is 77.0 cm³/mol. The number of aromatic nitrogens is 4. The van der Waals surface area contributed by atoms with Crippen molar-refractivity contribution in [1.82, 2.24) is 19.6 Å². The molecule has 5 nitrogen and oxygen atoms in total. The van der Waals surface area contributed by atoms with Gasteiger partial charge in [0, 0.05) is 37.6 Å². The van der Waals surface area contributed by atoms with Gasteiger partial charge >= 0.3 is 0 Å². The fourth-order valence-corrected chi connectivity index (χ4v) is 2.03. The summed E-state index contributed by atoms with van der Waals surface area (Å²) in [4.78, 5) is 0. The summed E-state index contributed by atoms with van der Waals surface area (Å²) >= 11 is 0. The van der Waals surface area contributed by atoms with Gasteiger partial charge in [0.2, 0.25) is 0 Å². The monoisotopic (exact) mass is 261 g/mol. The second kappa shape index (κ2) is 5.91. The molecule has 2 rings (SSSR count). The maximum atomic E-state index is 4.52. The minimum Gasteiger partial charge on any atom is -0.378 e. The fourth-order valence-electron chi connectivity index (χ4n) is 2.03. The predicted octanol–water partition coefficient (Wildman–Crippen LogP) is 2.68. The molecule has 0 radical (unpaired) electrons.